The molecule has 3 N–H and O–H groups in total. The van der Waals surface area contributed by atoms with Crippen molar-refractivity contribution in [3.63, 3.8) is 0 Å². The van der Waals surface area contributed by atoms with Crippen LogP contribution in [0, 0.1) is 11.8 Å². The zero-order valence-corrected chi connectivity index (χ0v) is 13.3. The molecule has 1 aliphatic rings. The maximum atomic E-state index is 12.4. The Morgan fingerprint density at radius 1 is 1.52 bits per heavy atom. The fourth-order valence-electron chi connectivity index (χ4n) is 2.60. The van der Waals surface area contributed by atoms with Crippen molar-refractivity contribution in [2.45, 2.75) is 32.2 Å². The second-order valence-electron chi connectivity index (χ2n) is 5.26. The number of likely N-dealkylation sites (tertiary alicyclic amines) is 1. The third-order valence-corrected chi connectivity index (χ3v) is 4.57. The van der Waals surface area contributed by atoms with E-state index in [9.17, 15) is 4.79 Å². The molecule has 5 heteroatoms. The zero-order chi connectivity index (χ0) is 15.1. The number of amides is 1. The highest BCUT2D eigenvalue weighted by Crippen LogP contribution is 2.17. The van der Waals surface area contributed by atoms with Crippen molar-refractivity contribution in [3.05, 3.63) is 21.9 Å². The van der Waals surface area contributed by atoms with Crippen molar-refractivity contribution in [2.24, 2.45) is 5.73 Å². The average Bonchev–Trinajstić information content (AvgIpc) is 2.96. The minimum atomic E-state index is 0.000243. The van der Waals surface area contributed by atoms with Gasteiger partial charge in [-0.05, 0) is 37.3 Å². The number of hydrogen-bond acceptors (Lipinski definition) is 4. The molecule has 0 aromatic carbocycles. The molecule has 21 heavy (non-hydrogen) atoms. The second kappa shape index (κ2) is 8.18. The lowest BCUT2D eigenvalue weighted by atomic mass is 10.0. The smallest absolute Gasteiger partial charge is 0.262 e. The average molecular weight is 305 g/mol. The van der Waals surface area contributed by atoms with Crippen molar-refractivity contribution in [2.75, 3.05) is 26.2 Å². The Labute approximate surface area is 130 Å². The van der Waals surface area contributed by atoms with Crippen LogP contribution >= 0.6 is 11.3 Å². The summed E-state index contributed by atoms with van der Waals surface area (Å²) in [5, 5.41) is 5.05. The highest BCUT2D eigenvalue weighted by Gasteiger charge is 2.21. The highest BCUT2D eigenvalue weighted by atomic mass is 32.1. The summed E-state index contributed by atoms with van der Waals surface area (Å²) >= 11 is 1.44. The molecule has 0 atom stereocenters. The summed E-state index contributed by atoms with van der Waals surface area (Å²) in [5.74, 6) is 5.77. The molecule has 1 amide bonds. The lowest BCUT2D eigenvalue weighted by molar-refractivity contribution is 0.0915. The van der Waals surface area contributed by atoms with Gasteiger partial charge in [0.25, 0.3) is 5.91 Å². The van der Waals surface area contributed by atoms with Gasteiger partial charge < -0.3 is 16.0 Å². The molecule has 0 saturated carbocycles. The fourth-order valence-corrected chi connectivity index (χ4v) is 3.35. The normalized spacial score (nSPS) is 16.3. The monoisotopic (exact) mass is 305 g/mol. The van der Waals surface area contributed by atoms with Gasteiger partial charge in [-0.3, -0.25) is 4.79 Å². The third kappa shape index (κ3) is 4.57. The van der Waals surface area contributed by atoms with Crippen LogP contribution in [-0.4, -0.2) is 43.0 Å². The summed E-state index contributed by atoms with van der Waals surface area (Å²) in [4.78, 5) is 15.5. The van der Waals surface area contributed by atoms with Crippen LogP contribution in [-0.2, 0) is 0 Å². The van der Waals surface area contributed by atoms with Gasteiger partial charge in [-0.15, -0.1) is 11.3 Å². The van der Waals surface area contributed by atoms with Crippen molar-refractivity contribution < 1.29 is 4.79 Å². The van der Waals surface area contributed by atoms with Gasteiger partial charge >= 0.3 is 0 Å². The molecular formula is C16H23N3OS. The van der Waals surface area contributed by atoms with Gasteiger partial charge in [-0.1, -0.05) is 18.8 Å². The van der Waals surface area contributed by atoms with Crippen LogP contribution in [0.2, 0.25) is 0 Å². The van der Waals surface area contributed by atoms with Gasteiger partial charge in [0.05, 0.1) is 6.54 Å². The van der Waals surface area contributed by atoms with E-state index in [0.29, 0.717) is 11.4 Å². The van der Waals surface area contributed by atoms with Crippen molar-refractivity contribution >= 4 is 17.2 Å². The predicted octanol–water partition coefficient (Wildman–Crippen LogP) is 1.66. The Bertz CT molecular complexity index is 521. The maximum absolute atomic E-state index is 12.4. The van der Waals surface area contributed by atoms with Crippen LogP contribution in [0.1, 0.15) is 41.4 Å². The molecule has 0 unspecified atom stereocenters. The largest absolute Gasteiger partial charge is 0.348 e. The lowest BCUT2D eigenvalue weighted by Crippen LogP contribution is -2.44. The summed E-state index contributed by atoms with van der Waals surface area (Å²) in [6.07, 6.45) is 3.25. The molecule has 1 aromatic heterocycles. The van der Waals surface area contributed by atoms with Crippen LogP contribution in [0.3, 0.4) is 0 Å². The first kappa shape index (κ1) is 16.0. The summed E-state index contributed by atoms with van der Waals surface area (Å²) < 4.78 is 0. The summed E-state index contributed by atoms with van der Waals surface area (Å²) in [7, 11) is 0. The summed E-state index contributed by atoms with van der Waals surface area (Å²) in [6.45, 7) is 5.82. The quantitative estimate of drug-likeness (QED) is 0.832. The lowest BCUT2D eigenvalue weighted by Gasteiger charge is -2.32. The van der Waals surface area contributed by atoms with E-state index in [0.717, 1.165) is 38.0 Å². The van der Waals surface area contributed by atoms with E-state index in [4.69, 9.17) is 5.73 Å². The summed E-state index contributed by atoms with van der Waals surface area (Å²) in [5.41, 5.74) is 6.17. The Balaban J connectivity index is 1.89. The van der Waals surface area contributed by atoms with Gasteiger partial charge in [0.15, 0.2) is 0 Å². The molecule has 2 heterocycles. The molecule has 0 spiro atoms. The third-order valence-electron chi connectivity index (χ3n) is 3.66. The van der Waals surface area contributed by atoms with Gasteiger partial charge in [0.2, 0.25) is 0 Å². The SMILES string of the molecule is CCCN1CCC(NC(=O)c2sccc2C#CCN)CC1. The topological polar surface area (TPSA) is 58.4 Å². The highest BCUT2D eigenvalue weighted by molar-refractivity contribution is 7.12. The minimum absolute atomic E-state index is 0.000243. The number of piperidine rings is 1. The van der Waals surface area contributed by atoms with Crippen LogP contribution < -0.4 is 11.1 Å². The van der Waals surface area contributed by atoms with Crippen LogP contribution in [0.15, 0.2) is 11.4 Å². The van der Waals surface area contributed by atoms with Crippen molar-refractivity contribution in [1.29, 1.82) is 0 Å². The molecular weight excluding hydrogens is 282 g/mol. The van der Waals surface area contributed by atoms with E-state index in [-0.39, 0.29) is 11.9 Å². The zero-order valence-electron chi connectivity index (χ0n) is 12.5. The van der Waals surface area contributed by atoms with E-state index < -0.39 is 0 Å². The first-order chi connectivity index (χ1) is 10.2. The molecule has 4 nitrogen and oxygen atoms in total. The molecule has 114 valence electrons. The Morgan fingerprint density at radius 3 is 2.95 bits per heavy atom. The number of carbonyl (C=O) groups is 1. The van der Waals surface area contributed by atoms with Crippen LogP contribution in [0.4, 0.5) is 0 Å². The van der Waals surface area contributed by atoms with Crippen molar-refractivity contribution in [3.8, 4) is 11.8 Å². The van der Waals surface area contributed by atoms with E-state index in [1.165, 1.54) is 17.8 Å². The number of nitrogens with zero attached hydrogens (tertiary/aromatic N) is 1. The molecule has 0 aliphatic carbocycles. The first-order valence-electron chi connectivity index (χ1n) is 7.54. The summed E-state index contributed by atoms with van der Waals surface area (Å²) in [6, 6.07) is 2.16. The van der Waals surface area contributed by atoms with E-state index >= 15 is 0 Å². The molecule has 1 saturated heterocycles. The molecule has 1 aromatic rings. The number of thiophene rings is 1. The molecule has 0 bridgehead atoms. The Kier molecular flexibility index (Phi) is 6.24. The number of nitrogens with two attached hydrogens (primary N) is 1. The van der Waals surface area contributed by atoms with E-state index in [1.54, 1.807) is 0 Å². The predicted molar refractivity (Wildman–Crippen MR) is 87.5 cm³/mol. The number of carbonyl (C=O) groups excluding carboxylic acids is 1. The molecule has 0 radical (unpaired) electrons. The Hall–Kier alpha value is -1.35. The van der Waals surface area contributed by atoms with Gasteiger partial charge in [-0.2, -0.15) is 0 Å². The first-order valence-corrected chi connectivity index (χ1v) is 8.42. The molecule has 1 aliphatic heterocycles. The van der Waals surface area contributed by atoms with Gasteiger partial charge in [0, 0.05) is 24.7 Å². The number of hydrogen-bond donors (Lipinski definition) is 2. The van der Waals surface area contributed by atoms with E-state index in [1.807, 2.05) is 11.4 Å². The van der Waals surface area contributed by atoms with Gasteiger partial charge in [-0.25, -0.2) is 0 Å². The minimum Gasteiger partial charge on any atom is -0.348 e. The fraction of sp³-hybridized carbons (Fsp3) is 0.562. The Morgan fingerprint density at radius 2 is 2.29 bits per heavy atom. The van der Waals surface area contributed by atoms with Crippen LogP contribution in [0.25, 0.3) is 0 Å². The number of nitrogens with one attached hydrogen (secondary N) is 1. The molecule has 1 fully saturated rings. The number of rotatable bonds is 4. The van der Waals surface area contributed by atoms with Crippen LogP contribution in [0.5, 0.6) is 0 Å². The van der Waals surface area contributed by atoms with E-state index in [2.05, 4.69) is 29.0 Å². The van der Waals surface area contributed by atoms with Gasteiger partial charge in [0.1, 0.15) is 4.88 Å². The standard InChI is InChI=1S/C16H23N3OS/c1-2-9-19-10-5-14(6-11-19)18-16(20)15-13(4-3-8-17)7-12-21-15/h7,12,14H,2,5-6,8-11,17H2,1H3,(H,18,20). The second-order valence-corrected chi connectivity index (χ2v) is 6.17. The molecule has 2 rings (SSSR count). The maximum Gasteiger partial charge on any atom is 0.262 e. The van der Waals surface area contributed by atoms with Crippen molar-refractivity contribution in [1.82, 2.24) is 10.2 Å².